The number of benzene rings is 1. The number of fused-ring (bicyclic) bond motifs is 1. The van der Waals surface area contributed by atoms with Gasteiger partial charge in [0.2, 0.25) is 0 Å². The van der Waals surface area contributed by atoms with Crippen molar-refractivity contribution in [3.63, 3.8) is 0 Å². The smallest absolute Gasteiger partial charge is 0.123 e. The first-order valence-corrected chi connectivity index (χ1v) is 8.28. The van der Waals surface area contributed by atoms with Gasteiger partial charge in [0.1, 0.15) is 11.6 Å². The normalized spacial score (nSPS) is 16.7. The van der Waals surface area contributed by atoms with Crippen molar-refractivity contribution in [1.29, 1.82) is 0 Å². The number of aromatic nitrogens is 1. The van der Waals surface area contributed by atoms with Gasteiger partial charge in [0.15, 0.2) is 0 Å². The van der Waals surface area contributed by atoms with Crippen molar-refractivity contribution >= 4 is 10.9 Å². The predicted octanol–water partition coefficient (Wildman–Crippen LogP) is 3.28. The van der Waals surface area contributed by atoms with E-state index in [2.05, 4.69) is 14.8 Å². The maximum atomic E-state index is 13.2. The van der Waals surface area contributed by atoms with Crippen LogP contribution in [-0.2, 0) is 13.1 Å². The lowest BCUT2D eigenvalue weighted by Gasteiger charge is -2.34. The number of rotatable bonds is 4. The molecule has 3 heterocycles. The second kappa shape index (κ2) is 6.71. The Morgan fingerprint density at radius 3 is 2.50 bits per heavy atom. The Morgan fingerprint density at radius 1 is 0.958 bits per heavy atom. The summed E-state index contributed by atoms with van der Waals surface area (Å²) in [5, 5.41) is 0.849. The third-order valence-electron chi connectivity index (χ3n) is 4.52. The molecule has 1 saturated heterocycles. The van der Waals surface area contributed by atoms with Crippen LogP contribution in [0.2, 0.25) is 0 Å². The van der Waals surface area contributed by atoms with Crippen LogP contribution in [0.4, 0.5) is 4.39 Å². The van der Waals surface area contributed by atoms with Crippen molar-refractivity contribution in [3.05, 3.63) is 66.0 Å². The number of piperazine rings is 1. The van der Waals surface area contributed by atoms with Gasteiger partial charge < -0.3 is 4.42 Å². The summed E-state index contributed by atoms with van der Waals surface area (Å²) in [7, 11) is 0. The molecule has 1 aliphatic rings. The van der Waals surface area contributed by atoms with Crippen LogP contribution < -0.4 is 0 Å². The molecule has 1 aliphatic heterocycles. The van der Waals surface area contributed by atoms with Gasteiger partial charge in [0.25, 0.3) is 0 Å². The van der Waals surface area contributed by atoms with Gasteiger partial charge >= 0.3 is 0 Å². The van der Waals surface area contributed by atoms with E-state index in [1.165, 1.54) is 12.1 Å². The molecule has 0 saturated carbocycles. The lowest BCUT2D eigenvalue weighted by atomic mass is 10.2. The minimum atomic E-state index is -0.218. The minimum Gasteiger partial charge on any atom is -0.468 e. The molecule has 5 heteroatoms. The average molecular weight is 325 g/mol. The van der Waals surface area contributed by atoms with E-state index in [1.54, 1.807) is 12.3 Å². The van der Waals surface area contributed by atoms with E-state index in [9.17, 15) is 4.39 Å². The summed E-state index contributed by atoms with van der Waals surface area (Å²) in [5.74, 6) is 0.802. The lowest BCUT2D eigenvalue weighted by molar-refractivity contribution is 0.115. The highest BCUT2D eigenvalue weighted by molar-refractivity contribution is 5.78. The van der Waals surface area contributed by atoms with Crippen molar-refractivity contribution < 1.29 is 8.81 Å². The first-order chi connectivity index (χ1) is 11.8. The predicted molar refractivity (Wildman–Crippen MR) is 91.0 cm³/mol. The molecule has 1 aromatic carbocycles. The van der Waals surface area contributed by atoms with E-state index in [4.69, 9.17) is 4.42 Å². The Morgan fingerprint density at radius 2 is 1.75 bits per heavy atom. The van der Waals surface area contributed by atoms with Gasteiger partial charge in [0, 0.05) is 38.1 Å². The standard InChI is InChI=1S/C19H20FN3O/c20-16-4-6-19-15(12-16)3-5-17(21-19)13-22-7-9-23(10-8-22)14-18-2-1-11-24-18/h1-6,11-12H,7-10,13-14H2. The number of halogens is 1. The van der Waals surface area contributed by atoms with Crippen LogP contribution in [0.3, 0.4) is 0 Å². The maximum absolute atomic E-state index is 13.2. The number of furan rings is 1. The molecular formula is C19H20FN3O. The highest BCUT2D eigenvalue weighted by Crippen LogP contribution is 2.16. The maximum Gasteiger partial charge on any atom is 0.123 e. The molecule has 4 rings (SSSR count). The monoisotopic (exact) mass is 325 g/mol. The quantitative estimate of drug-likeness (QED) is 0.737. The number of hydrogen-bond donors (Lipinski definition) is 0. The summed E-state index contributed by atoms with van der Waals surface area (Å²) in [6.07, 6.45) is 1.73. The first-order valence-electron chi connectivity index (χ1n) is 8.28. The fraction of sp³-hybridized carbons (Fsp3) is 0.316. The second-order valence-corrected chi connectivity index (χ2v) is 6.27. The van der Waals surface area contributed by atoms with Crippen LogP contribution in [0.5, 0.6) is 0 Å². The van der Waals surface area contributed by atoms with Crippen LogP contribution in [0.1, 0.15) is 11.5 Å². The summed E-state index contributed by atoms with van der Waals surface area (Å²) < 4.78 is 18.7. The molecule has 0 spiro atoms. The van der Waals surface area contributed by atoms with Crippen molar-refractivity contribution in [3.8, 4) is 0 Å². The fourth-order valence-corrected chi connectivity index (χ4v) is 3.18. The van der Waals surface area contributed by atoms with E-state index in [1.807, 2.05) is 24.3 Å². The number of hydrogen-bond acceptors (Lipinski definition) is 4. The van der Waals surface area contributed by atoms with Crippen molar-refractivity contribution in [2.24, 2.45) is 0 Å². The van der Waals surface area contributed by atoms with E-state index in [0.29, 0.717) is 0 Å². The molecule has 1 fully saturated rings. The summed E-state index contributed by atoms with van der Waals surface area (Å²) in [5.41, 5.74) is 1.89. The van der Waals surface area contributed by atoms with Crippen LogP contribution in [0.25, 0.3) is 10.9 Å². The fourth-order valence-electron chi connectivity index (χ4n) is 3.18. The topological polar surface area (TPSA) is 32.5 Å². The molecule has 0 aliphatic carbocycles. The van der Waals surface area contributed by atoms with Gasteiger partial charge in [-0.15, -0.1) is 0 Å². The van der Waals surface area contributed by atoms with Gasteiger partial charge in [-0.25, -0.2) is 4.39 Å². The van der Waals surface area contributed by atoms with E-state index in [0.717, 1.165) is 61.6 Å². The van der Waals surface area contributed by atoms with Crippen LogP contribution in [0.15, 0.2) is 53.1 Å². The summed E-state index contributed by atoms with van der Waals surface area (Å²) in [6, 6.07) is 12.6. The van der Waals surface area contributed by atoms with E-state index < -0.39 is 0 Å². The highest BCUT2D eigenvalue weighted by Gasteiger charge is 2.18. The van der Waals surface area contributed by atoms with E-state index in [-0.39, 0.29) is 5.82 Å². The lowest BCUT2D eigenvalue weighted by Crippen LogP contribution is -2.45. The van der Waals surface area contributed by atoms with Crippen LogP contribution >= 0.6 is 0 Å². The van der Waals surface area contributed by atoms with Crippen LogP contribution in [0, 0.1) is 5.82 Å². The van der Waals surface area contributed by atoms with Crippen molar-refractivity contribution in [1.82, 2.24) is 14.8 Å². The Kier molecular flexibility index (Phi) is 4.28. The molecule has 0 amide bonds. The van der Waals surface area contributed by atoms with Crippen molar-refractivity contribution in [2.75, 3.05) is 26.2 Å². The van der Waals surface area contributed by atoms with Gasteiger partial charge in [0.05, 0.1) is 24.0 Å². The molecule has 0 bridgehead atoms. The first kappa shape index (κ1) is 15.3. The Bertz CT molecular complexity index is 811. The molecule has 0 unspecified atom stereocenters. The third kappa shape index (κ3) is 3.47. The van der Waals surface area contributed by atoms with Gasteiger partial charge in [-0.2, -0.15) is 0 Å². The molecule has 24 heavy (non-hydrogen) atoms. The molecule has 3 aromatic rings. The molecule has 0 atom stereocenters. The van der Waals surface area contributed by atoms with Crippen LogP contribution in [-0.4, -0.2) is 41.0 Å². The highest BCUT2D eigenvalue weighted by atomic mass is 19.1. The Labute approximate surface area is 140 Å². The zero-order valence-electron chi connectivity index (χ0n) is 13.5. The molecule has 4 nitrogen and oxygen atoms in total. The number of pyridine rings is 1. The summed E-state index contributed by atoms with van der Waals surface area (Å²) >= 11 is 0. The number of nitrogens with zero attached hydrogens (tertiary/aromatic N) is 3. The van der Waals surface area contributed by atoms with Gasteiger partial charge in [-0.05, 0) is 36.4 Å². The van der Waals surface area contributed by atoms with E-state index >= 15 is 0 Å². The van der Waals surface area contributed by atoms with Crippen molar-refractivity contribution in [2.45, 2.75) is 13.1 Å². The SMILES string of the molecule is Fc1ccc2nc(CN3CCN(Cc4ccco4)CC3)ccc2c1. The Hall–Kier alpha value is -2.24. The zero-order chi connectivity index (χ0) is 16.4. The molecular weight excluding hydrogens is 305 g/mol. The molecule has 0 radical (unpaired) electrons. The largest absolute Gasteiger partial charge is 0.468 e. The molecule has 2 aromatic heterocycles. The second-order valence-electron chi connectivity index (χ2n) is 6.27. The summed E-state index contributed by atoms with van der Waals surface area (Å²) in [6.45, 7) is 5.80. The molecule has 124 valence electrons. The summed E-state index contributed by atoms with van der Waals surface area (Å²) in [4.78, 5) is 9.47. The average Bonchev–Trinajstić information content (AvgIpc) is 3.10. The minimum absolute atomic E-state index is 0.218. The Balaban J connectivity index is 1.35. The van der Waals surface area contributed by atoms with Gasteiger partial charge in [-0.3, -0.25) is 14.8 Å². The zero-order valence-corrected chi connectivity index (χ0v) is 13.5. The van der Waals surface area contributed by atoms with Gasteiger partial charge in [-0.1, -0.05) is 6.07 Å². The third-order valence-corrected chi connectivity index (χ3v) is 4.52. The molecule has 0 N–H and O–H groups in total.